The van der Waals surface area contributed by atoms with Gasteiger partial charge in [0.1, 0.15) is 18.1 Å². The van der Waals surface area contributed by atoms with Gasteiger partial charge in [0.05, 0.1) is 6.54 Å². The third-order valence-corrected chi connectivity index (χ3v) is 14.4. The van der Waals surface area contributed by atoms with Crippen molar-refractivity contribution in [3.05, 3.63) is 196 Å². The minimum absolute atomic E-state index is 0.0166. The van der Waals surface area contributed by atoms with Crippen LogP contribution in [0.2, 0.25) is 0 Å². The number of benzene rings is 6. The molecule has 9 nitrogen and oxygen atoms in total. The molecule has 364 valence electrons. The van der Waals surface area contributed by atoms with E-state index in [4.69, 9.17) is 4.74 Å². The molecule has 0 spiro atoms. The first-order chi connectivity index (χ1) is 34.3. The van der Waals surface area contributed by atoms with E-state index in [0.717, 1.165) is 107 Å². The van der Waals surface area contributed by atoms with Crippen LogP contribution in [-0.2, 0) is 4.79 Å². The highest BCUT2D eigenvalue weighted by Gasteiger charge is 2.36. The van der Waals surface area contributed by atoms with Crippen LogP contribution in [0, 0.1) is 11.8 Å². The van der Waals surface area contributed by atoms with Crippen LogP contribution in [0.15, 0.2) is 162 Å². The van der Waals surface area contributed by atoms with Crippen LogP contribution in [0.1, 0.15) is 71.9 Å². The Labute approximate surface area is 422 Å². The van der Waals surface area contributed by atoms with Crippen molar-refractivity contribution in [2.45, 2.75) is 44.6 Å². The second-order valence-corrected chi connectivity index (χ2v) is 19.7. The lowest BCUT2D eigenvalue weighted by Gasteiger charge is -2.20. The minimum atomic E-state index is 0.0166. The summed E-state index contributed by atoms with van der Waals surface area (Å²) in [6, 6.07) is 53.4. The molecular formula is C60H67BrN4O5. The SMILES string of the molecule is CN1CCCC1COc1ccc(/C(=C(/CCCO)c2ccccc2)c2ccc(Br)cc2)cc1.O=C(CN1C[C@H]2CNC[C@H]2C1)Nc1ccc(/C(=C(/CCCO)c2ccccc2)c2ccc(O)cc2)cc1. The number of aromatic hydroxyl groups is 1. The molecule has 6 aromatic rings. The predicted octanol–water partition coefficient (Wildman–Crippen LogP) is 10.9. The summed E-state index contributed by atoms with van der Waals surface area (Å²) in [6.07, 6.45) is 5.34. The van der Waals surface area contributed by atoms with E-state index in [9.17, 15) is 20.1 Å². The van der Waals surface area contributed by atoms with Gasteiger partial charge >= 0.3 is 0 Å². The van der Waals surface area contributed by atoms with E-state index in [1.165, 1.54) is 29.6 Å². The van der Waals surface area contributed by atoms with Crippen molar-refractivity contribution in [2.24, 2.45) is 11.8 Å². The number of aliphatic hydroxyl groups excluding tert-OH is 2. The van der Waals surface area contributed by atoms with Crippen LogP contribution >= 0.6 is 15.9 Å². The van der Waals surface area contributed by atoms with Crippen molar-refractivity contribution < 1.29 is 24.9 Å². The Bertz CT molecular complexity index is 2630. The molecule has 3 saturated heterocycles. The number of rotatable bonds is 18. The maximum atomic E-state index is 12.7. The number of fused-ring (bicyclic) bond motifs is 1. The Kier molecular flexibility index (Phi) is 18.3. The summed E-state index contributed by atoms with van der Waals surface area (Å²) in [7, 11) is 2.18. The maximum absolute atomic E-state index is 12.7. The fourth-order valence-electron chi connectivity index (χ4n) is 10.2. The first kappa shape index (κ1) is 50.5. The molecule has 3 atom stereocenters. The van der Waals surface area contributed by atoms with Crippen LogP contribution in [-0.4, -0.2) is 103 Å². The quantitative estimate of drug-likeness (QED) is 0.0541. The number of allylic oxidation sites excluding steroid dienone is 2. The third kappa shape index (κ3) is 13.5. The molecule has 0 saturated carbocycles. The maximum Gasteiger partial charge on any atom is 0.238 e. The summed E-state index contributed by atoms with van der Waals surface area (Å²) in [4.78, 5) is 17.4. The Morgan fingerprint density at radius 3 is 1.63 bits per heavy atom. The van der Waals surface area contributed by atoms with E-state index >= 15 is 0 Å². The monoisotopic (exact) mass is 1000 g/mol. The zero-order chi connectivity index (χ0) is 48.7. The molecule has 3 aliphatic heterocycles. The number of likely N-dealkylation sites (N-methyl/N-ethyl adjacent to an activating group) is 1. The second kappa shape index (κ2) is 25.3. The van der Waals surface area contributed by atoms with Gasteiger partial charge in [-0.15, -0.1) is 0 Å². The van der Waals surface area contributed by atoms with Gasteiger partial charge in [0, 0.05) is 42.5 Å². The van der Waals surface area contributed by atoms with Gasteiger partial charge in [0.25, 0.3) is 0 Å². The molecule has 3 fully saturated rings. The van der Waals surface area contributed by atoms with Crippen molar-refractivity contribution in [3.8, 4) is 11.5 Å². The predicted molar refractivity (Wildman–Crippen MR) is 289 cm³/mol. The van der Waals surface area contributed by atoms with E-state index < -0.39 is 0 Å². The lowest BCUT2D eigenvalue weighted by molar-refractivity contribution is -0.117. The number of amides is 1. The normalized spacial score (nSPS) is 18.6. The average molecular weight is 1000 g/mol. The number of nitrogens with one attached hydrogen (secondary N) is 2. The second-order valence-electron chi connectivity index (χ2n) is 18.8. The minimum Gasteiger partial charge on any atom is -0.508 e. The van der Waals surface area contributed by atoms with Gasteiger partial charge < -0.3 is 35.6 Å². The molecule has 3 aliphatic rings. The van der Waals surface area contributed by atoms with E-state index in [-0.39, 0.29) is 24.9 Å². The summed E-state index contributed by atoms with van der Waals surface area (Å²) >= 11 is 3.56. The van der Waals surface area contributed by atoms with Gasteiger partial charge in [0.2, 0.25) is 5.91 Å². The number of anilines is 1. The summed E-state index contributed by atoms with van der Waals surface area (Å²) in [5, 5.41) is 35.5. The summed E-state index contributed by atoms with van der Waals surface area (Å²) < 4.78 is 7.19. The summed E-state index contributed by atoms with van der Waals surface area (Å²) in [5.41, 5.74) is 12.0. The molecule has 10 heteroatoms. The van der Waals surface area contributed by atoms with E-state index in [1.807, 2.05) is 60.7 Å². The molecule has 5 N–H and O–H groups in total. The van der Waals surface area contributed by atoms with Crippen molar-refractivity contribution in [3.63, 3.8) is 0 Å². The molecule has 0 aromatic heterocycles. The van der Waals surface area contributed by atoms with E-state index in [1.54, 1.807) is 12.1 Å². The number of carbonyl (C=O) groups is 1. The lowest BCUT2D eigenvalue weighted by atomic mass is 9.87. The highest BCUT2D eigenvalue weighted by atomic mass is 79.9. The summed E-state index contributed by atoms with van der Waals surface area (Å²) in [5.74, 6) is 2.48. The Hall–Kier alpha value is -5.85. The van der Waals surface area contributed by atoms with Crippen LogP contribution in [0.25, 0.3) is 22.3 Å². The number of aliphatic hydroxyl groups is 2. The average Bonchev–Trinajstić information content (AvgIpc) is 4.12. The fraction of sp³-hybridized carbons (Fsp3) is 0.317. The summed E-state index contributed by atoms with van der Waals surface area (Å²) in [6.45, 7) is 6.69. The van der Waals surface area contributed by atoms with Crippen LogP contribution in [0.3, 0.4) is 0 Å². The Balaban J connectivity index is 0.000000190. The number of carbonyl (C=O) groups excluding carboxylic acids is 1. The van der Waals surface area contributed by atoms with Gasteiger partial charge in [-0.05, 0) is 181 Å². The third-order valence-electron chi connectivity index (χ3n) is 13.9. The smallest absolute Gasteiger partial charge is 0.238 e. The zero-order valence-electron chi connectivity index (χ0n) is 40.3. The number of hydrogen-bond acceptors (Lipinski definition) is 8. The fourth-order valence-corrected chi connectivity index (χ4v) is 10.5. The molecule has 3 heterocycles. The number of phenols is 1. The highest BCUT2D eigenvalue weighted by molar-refractivity contribution is 9.10. The molecule has 0 radical (unpaired) electrons. The lowest BCUT2D eigenvalue weighted by Crippen LogP contribution is -2.33. The number of halogens is 1. The van der Waals surface area contributed by atoms with Gasteiger partial charge in [-0.2, -0.15) is 0 Å². The number of phenolic OH excluding ortho intramolecular Hbond substituents is 1. The van der Waals surface area contributed by atoms with Crippen molar-refractivity contribution >= 4 is 49.8 Å². The van der Waals surface area contributed by atoms with Crippen LogP contribution in [0.5, 0.6) is 11.5 Å². The van der Waals surface area contributed by atoms with Crippen molar-refractivity contribution in [1.82, 2.24) is 15.1 Å². The topological polar surface area (TPSA) is 118 Å². The molecule has 1 unspecified atom stereocenters. The first-order valence-corrected chi connectivity index (χ1v) is 25.7. The van der Waals surface area contributed by atoms with Gasteiger partial charge in [-0.25, -0.2) is 0 Å². The molecular weight excluding hydrogens is 937 g/mol. The van der Waals surface area contributed by atoms with E-state index in [2.05, 4.69) is 128 Å². The number of hydrogen-bond donors (Lipinski definition) is 5. The highest BCUT2D eigenvalue weighted by Crippen LogP contribution is 2.38. The standard InChI is InChI=1S/C31H35N3O3.C29H32BrNO2/c35-16-4-7-29(22-5-2-1-3-6-22)31(24-10-14-28(36)15-11-24)23-8-12-27(13-9-23)33-30(37)21-34-19-25-17-32-18-26(25)20-34;1-31-19-5-9-26(31)21-33-27-17-13-24(14-18-27)29(23-11-15-25(30)16-12-23)28(10-6-20-32)22-7-3-2-4-8-22/h1-3,5-6,8-15,25-26,32,35-36H,4,7,16-21H2,(H,33,37);2-4,7-8,11-18,26,32H,5-6,9-10,19-21H2,1H3/b31-29+;29-28-/t25-,26+;. The van der Waals surface area contributed by atoms with Gasteiger partial charge in [-0.3, -0.25) is 9.69 Å². The largest absolute Gasteiger partial charge is 0.508 e. The number of nitrogens with zero attached hydrogens (tertiary/aromatic N) is 2. The van der Waals surface area contributed by atoms with Crippen molar-refractivity contribution in [1.29, 1.82) is 0 Å². The van der Waals surface area contributed by atoms with Crippen LogP contribution in [0.4, 0.5) is 5.69 Å². The molecule has 6 aromatic carbocycles. The molecule has 1 amide bonds. The first-order valence-electron chi connectivity index (χ1n) is 24.9. The van der Waals surface area contributed by atoms with Gasteiger partial charge in [-0.1, -0.05) is 125 Å². The Morgan fingerprint density at radius 1 is 0.657 bits per heavy atom. The van der Waals surface area contributed by atoms with Crippen molar-refractivity contribution in [2.75, 3.05) is 71.5 Å². The Morgan fingerprint density at radius 2 is 1.14 bits per heavy atom. The number of likely N-dealkylation sites (tertiary alicyclic amines) is 2. The molecule has 0 bridgehead atoms. The molecule has 9 rings (SSSR count). The molecule has 0 aliphatic carbocycles. The molecule has 70 heavy (non-hydrogen) atoms. The number of ether oxygens (including phenoxy) is 1. The zero-order valence-corrected chi connectivity index (χ0v) is 41.9. The van der Waals surface area contributed by atoms with Crippen LogP contribution < -0.4 is 15.4 Å². The van der Waals surface area contributed by atoms with E-state index in [0.29, 0.717) is 37.3 Å². The van der Waals surface area contributed by atoms with Gasteiger partial charge in [0.15, 0.2) is 0 Å².